The highest BCUT2D eigenvalue weighted by atomic mass is 19.4. The van der Waals surface area contributed by atoms with Crippen molar-refractivity contribution in [3.05, 3.63) is 59.7 Å². The third-order valence-corrected chi connectivity index (χ3v) is 4.07. The topological polar surface area (TPSA) is 67.4 Å². The van der Waals surface area contributed by atoms with E-state index in [0.29, 0.717) is 17.7 Å². The number of amides is 2. The van der Waals surface area contributed by atoms with Crippen molar-refractivity contribution in [2.75, 3.05) is 5.32 Å². The second kappa shape index (κ2) is 9.45. The van der Waals surface area contributed by atoms with Gasteiger partial charge in [0.25, 0.3) is 5.91 Å². The summed E-state index contributed by atoms with van der Waals surface area (Å²) in [6.07, 6.45) is -4.38. The van der Waals surface area contributed by atoms with E-state index in [0.717, 1.165) is 17.7 Å². The molecule has 0 saturated carbocycles. The molecule has 5 nitrogen and oxygen atoms in total. The van der Waals surface area contributed by atoms with Gasteiger partial charge in [-0.1, -0.05) is 32.0 Å². The predicted molar refractivity (Wildman–Crippen MR) is 104 cm³/mol. The number of hydrogen-bond acceptors (Lipinski definition) is 3. The molecule has 2 aromatic carbocycles. The molecule has 0 aromatic heterocycles. The molecule has 0 heterocycles. The third-order valence-electron chi connectivity index (χ3n) is 4.07. The summed E-state index contributed by atoms with van der Waals surface area (Å²) in [4.78, 5) is 25.3. The molecule has 0 aliphatic rings. The Kier molecular flexibility index (Phi) is 7.25. The minimum absolute atomic E-state index is 0.130. The van der Waals surface area contributed by atoms with Crippen molar-refractivity contribution in [3.8, 4) is 5.75 Å². The first kappa shape index (κ1) is 22.3. The minimum Gasteiger partial charge on any atom is -0.406 e. The van der Waals surface area contributed by atoms with Gasteiger partial charge in [0.1, 0.15) is 11.8 Å². The van der Waals surface area contributed by atoms with E-state index in [-0.39, 0.29) is 17.6 Å². The molecule has 0 aliphatic heterocycles. The molecule has 2 N–H and O–H groups in total. The van der Waals surface area contributed by atoms with E-state index in [9.17, 15) is 22.8 Å². The summed E-state index contributed by atoms with van der Waals surface area (Å²) >= 11 is 0. The second-order valence-electron chi connectivity index (χ2n) is 7.03. The monoisotopic (exact) mass is 408 g/mol. The average Bonchev–Trinajstić information content (AvgIpc) is 2.61. The fraction of sp³-hybridized carbons (Fsp3) is 0.333. The molecule has 1 unspecified atom stereocenters. The van der Waals surface area contributed by atoms with Gasteiger partial charge in [0, 0.05) is 11.3 Å². The zero-order valence-electron chi connectivity index (χ0n) is 16.3. The van der Waals surface area contributed by atoms with Crippen LogP contribution in [0.5, 0.6) is 5.75 Å². The Morgan fingerprint density at radius 3 is 2.21 bits per heavy atom. The summed E-state index contributed by atoms with van der Waals surface area (Å²) in [5, 5.41) is 5.36. The van der Waals surface area contributed by atoms with Crippen LogP contribution in [0.15, 0.2) is 48.5 Å². The standard InChI is InChI=1S/C21H23F3N2O3/c1-13(2)12-18(26-19(27)17-7-5-4-6-14(17)3)20(28)25-15-8-10-16(11-9-15)29-21(22,23)24/h4-11,13,18H,12H2,1-3H3,(H,25,28)(H,26,27). The number of anilines is 1. The summed E-state index contributed by atoms with van der Waals surface area (Å²) in [6.45, 7) is 5.64. The van der Waals surface area contributed by atoms with Gasteiger partial charge in [-0.3, -0.25) is 9.59 Å². The molecular formula is C21H23F3N2O3. The summed E-state index contributed by atoms with van der Waals surface area (Å²) in [5.41, 5.74) is 1.56. The molecule has 2 aromatic rings. The van der Waals surface area contributed by atoms with E-state index in [1.807, 2.05) is 19.9 Å². The summed E-state index contributed by atoms with van der Waals surface area (Å²) in [6, 6.07) is 11.0. The van der Waals surface area contributed by atoms with Crippen molar-refractivity contribution in [1.82, 2.24) is 5.32 Å². The first-order chi connectivity index (χ1) is 13.5. The van der Waals surface area contributed by atoms with Gasteiger partial charge in [-0.15, -0.1) is 13.2 Å². The number of carbonyl (C=O) groups is 2. The van der Waals surface area contributed by atoms with Crippen LogP contribution in [0, 0.1) is 12.8 Å². The number of alkyl halides is 3. The number of rotatable bonds is 7. The molecule has 0 radical (unpaired) electrons. The average molecular weight is 408 g/mol. The van der Waals surface area contributed by atoms with Crippen molar-refractivity contribution < 1.29 is 27.5 Å². The molecule has 0 saturated heterocycles. The normalized spacial score (nSPS) is 12.4. The quantitative estimate of drug-likeness (QED) is 0.699. The lowest BCUT2D eigenvalue weighted by atomic mass is 10.0. The molecule has 0 spiro atoms. The second-order valence-corrected chi connectivity index (χ2v) is 7.03. The molecule has 0 bridgehead atoms. The Morgan fingerprint density at radius 2 is 1.66 bits per heavy atom. The minimum atomic E-state index is -4.78. The summed E-state index contributed by atoms with van der Waals surface area (Å²) in [7, 11) is 0. The molecule has 0 fully saturated rings. The molecule has 156 valence electrons. The molecule has 2 rings (SSSR count). The number of halogens is 3. The van der Waals surface area contributed by atoms with E-state index in [1.165, 1.54) is 12.1 Å². The van der Waals surface area contributed by atoms with Gasteiger partial charge in [-0.2, -0.15) is 0 Å². The van der Waals surface area contributed by atoms with Crippen molar-refractivity contribution in [1.29, 1.82) is 0 Å². The van der Waals surface area contributed by atoms with Crippen LogP contribution in [0.1, 0.15) is 36.2 Å². The van der Waals surface area contributed by atoms with Crippen LogP contribution in [0.4, 0.5) is 18.9 Å². The van der Waals surface area contributed by atoms with Gasteiger partial charge in [-0.05, 0) is 55.2 Å². The third kappa shape index (κ3) is 7.14. The first-order valence-corrected chi connectivity index (χ1v) is 9.08. The van der Waals surface area contributed by atoms with Gasteiger partial charge >= 0.3 is 6.36 Å². The van der Waals surface area contributed by atoms with Gasteiger partial charge < -0.3 is 15.4 Å². The fourth-order valence-electron chi connectivity index (χ4n) is 2.74. The van der Waals surface area contributed by atoms with Crippen LogP contribution >= 0.6 is 0 Å². The Balaban J connectivity index is 2.08. The number of benzene rings is 2. The maximum absolute atomic E-state index is 12.7. The van der Waals surface area contributed by atoms with Crippen LogP contribution in [-0.4, -0.2) is 24.2 Å². The van der Waals surface area contributed by atoms with Gasteiger partial charge in [0.05, 0.1) is 0 Å². The van der Waals surface area contributed by atoms with E-state index < -0.39 is 18.3 Å². The lowest BCUT2D eigenvalue weighted by molar-refractivity contribution is -0.274. The molecule has 29 heavy (non-hydrogen) atoms. The van der Waals surface area contributed by atoms with Crippen molar-refractivity contribution in [3.63, 3.8) is 0 Å². The molecule has 2 amide bonds. The molecule has 0 aliphatic carbocycles. The highest BCUT2D eigenvalue weighted by Gasteiger charge is 2.31. The predicted octanol–water partition coefficient (Wildman–Crippen LogP) is 4.68. The largest absolute Gasteiger partial charge is 0.573 e. The zero-order chi connectivity index (χ0) is 21.6. The number of nitrogens with one attached hydrogen (secondary N) is 2. The Labute approximate surface area is 167 Å². The van der Waals surface area contributed by atoms with E-state index in [4.69, 9.17) is 0 Å². The van der Waals surface area contributed by atoms with Crippen LogP contribution in [0.25, 0.3) is 0 Å². The van der Waals surface area contributed by atoms with Gasteiger partial charge in [0.2, 0.25) is 5.91 Å². The lowest BCUT2D eigenvalue weighted by Gasteiger charge is -2.21. The smallest absolute Gasteiger partial charge is 0.406 e. The van der Waals surface area contributed by atoms with E-state index in [1.54, 1.807) is 25.1 Å². The van der Waals surface area contributed by atoms with E-state index in [2.05, 4.69) is 15.4 Å². The Hall–Kier alpha value is -3.03. The SMILES string of the molecule is Cc1ccccc1C(=O)NC(CC(C)C)C(=O)Nc1ccc(OC(F)(F)F)cc1. The Bertz CT molecular complexity index is 849. The number of ether oxygens (including phenoxy) is 1. The molecule has 8 heteroatoms. The van der Waals surface area contributed by atoms with Crippen LogP contribution in [0.2, 0.25) is 0 Å². The highest BCUT2D eigenvalue weighted by molar-refractivity contribution is 6.01. The lowest BCUT2D eigenvalue weighted by Crippen LogP contribution is -2.44. The van der Waals surface area contributed by atoms with Crippen molar-refractivity contribution in [2.24, 2.45) is 5.92 Å². The van der Waals surface area contributed by atoms with E-state index >= 15 is 0 Å². The zero-order valence-corrected chi connectivity index (χ0v) is 16.3. The Morgan fingerprint density at radius 1 is 1.03 bits per heavy atom. The maximum Gasteiger partial charge on any atom is 0.573 e. The number of aryl methyl sites for hydroxylation is 1. The first-order valence-electron chi connectivity index (χ1n) is 9.08. The summed E-state index contributed by atoms with van der Waals surface area (Å²) in [5.74, 6) is -1.07. The van der Waals surface area contributed by atoms with Crippen LogP contribution in [-0.2, 0) is 4.79 Å². The maximum atomic E-state index is 12.7. The van der Waals surface area contributed by atoms with Crippen LogP contribution in [0.3, 0.4) is 0 Å². The van der Waals surface area contributed by atoms with Gasteiger partial charge in [-0.25, -0.2) is 0 Å². The van der Waals surface area contributed by atoms with Crippen molar-refractivity contribution >= 4 is 17.5 Å². The van der Waals surface area contributed by atoms with Gasteiger partial charge in [0.15, 0.2) is 0 Å². The molecular weight excluding hydrogens is 385 g/mol. The number of hydrogen-bond donors (Lipinski definition) is 2. The summed E-state index contributed by atoms with van der Waals surface area (Å²) < 4.78 is 40.5. The highest BCUT2D eigenvalue weighted by Crippen LogP contribution is 2.24. The number of carbonyl (C=O) groups excluding carboxylic acids is 2. The van der Waals surface area contributed by atoms with Crippen LogP contribution < -0.4 is 15.4 Å². The fourth-order valence-corrected chi connectivity index (χ4v) is 2.74. The van der Waals surface area contributed by atoms with Crippen molar-refractivity contribution in [2.45, 2.75) is 39.6 Å². The molecule has 1 atom stereocenters.